The van der Waals surface area contributed by atoms with Gasteiger partial charge in [-0.3, -0.25) is 0 Å². The van der Waals surface area contributed by atoms with E-state index in [-0.39, 0.29) is 0 Å². The highest BCUT2D eigenvalue weighted by Crippen LogP contribution is 2.21. The summed E-state index contributed by atoms with van der Waals surface area (Å²) in [5.74, 6) is 1.74. The van der Waals surface area contributed by atoms with Gasteiger partial charge in [-0.25, -0.2) is 0 Å². The van der Waals surface area contributed by atoms with Gasteiger partial charge in [-0.2, -0.15) is 0 Å². The molecule has 0 aromatic heterocycles. The number of hydrogen-bond donors (Lipinski definition) is 1. The summed E-state index contributed by atoms with van der Waals surface area (Å²) in [5, 5.41) is 0. The first kappa shape index (κ1) is 13.0. The van der Waals surface area contributed by atoms with E-state index in [9.17, 15) is 0 Å². The van der Waals surface area contributed by atoms with Gasteiger partial charge >= 0.3 is 0 Å². The van der Waals surface area contributed by atoms with Crippen molar-refractivity contribution in [1.29, 1.82) is 0 Å². The predicted molar refractivity (Wildman–Crippen MR) is 66.9 cm³/mol. The minimum atomic E-state index is 0.419. The lowest BCUT2D eigenvalue weighted by Crippen LogP contribution is -2.40. The van der Waals surface area contributed by atoms with Crippen molar-refractivity contribution in [2.75, 3.05) is 19.6 Å². The Morgan fingerprint density at radius 1 is 1.20 bits per heavy atom. The van der Waals surface area contributed by atoms with Crippen LogP contribution in [0.5, 0.6) is 0 Å². The summed E-state index contributed by atoms with van der Waals surface area (Å²) < 4.78 is 0. The second kappa shape index (κ2) is 6.49. The highest BCUT2D eigenvalue weighted by atomic mass is 15.1. The van der Waals surface area contributed by atoms with Gasteiger partial charge in [0, 0.05) is 19.1 Å². The van der Waals surface area contributed by atoms with Crippen molar-refractivity contribution >= 4 is 0 Å². The molecule has 2 nitrogen and oxygen atoms in total. The van der Waals surface area contributed by atoms with Crippen LogP contribution in [-0.4, -0.2) is 30.6 Å². The summed E-state index contributed by atoms with van der Waals surface area (Å²) >= 11 is 0. The lowest BCUT2D eigenvalue weighted by Gasteiger charge is -2.35. The summed E-state index contributed by atoms with van der Waals surface area (Å²) in [5.41, 5.74) is 6.04. The van der Waals surface area contributed by atoms with Crippen LogP contribution in [-0.2, 0) is 0 Å². The van der Waals surface area contributed by atoms with Gasteiger partial charge in [0.25, 0.3) is 0 Å². The van der Waals surface area contributed by atoms with Gasteiger partial charge in [0.2, 0.25) is 0 Å². The molecule has 0 spiro atoms. The molecule has 0 saturated carbocycles. The van der Waals surface area contributed by atoms with Gasteiger partial charge in [-0.15, -0.1) is 0 Å². The van der Waals surface area contributed by atoms with Crippen molar-refractivity contribution in [2.24, 2.45) is 17.6 Å². The molecule has 15 heavy (non-hydrogen) atoms. The molecular weight excluding hydrogens is 184 g/mol. The normalized spacial score (nSPS) is 30.4. The zero-order chi connectivity index (χ0) is 11.3. The average molecular weight is 212 g/mol. The minimum absolute atomic E-state index is 0.419. The van der Waals surface area contributed by atoms with Crippen molar-refractivity contribution in [3.8, 4) is 0 Å². The molecule has 0 amide bonds. The summed E-state index contributed by atoms with van der Waals surface area (Å²) in [6.45, 7) is 10.7. The third-order valence-corrected chi connectivity index (χ3v) is 3.42. The highest BCUT2D eigenvalue weighted by molar-refractivity contribution is 4.75. The molecule has 1 rings (SSSR count). The Balaban J connectivity index is 2.20. The Kier molecular flexibility index (Phi) is 5.62. The van der Waals surface area contributed by atoms with Crippen LogP contribution in [0.1, 0.15) is 46.5 Å². The van der Waals surface area contributed by atoms with Gasteiger partial charge in [0.05, 0.1) is 0 Å². The van der Waals surface area contributed by atoms with Crippen LogP contribution in [0, 0.1) is 11.8 Å². The molecule has 1 aliphatic heterocycles. The molecule has 0 aromatic rings. The Morgan fingerprint density at radius 3 is 2.33 bits per heavy atom. The van der Waals surface area contributed by atoms with Crippen LogP contribution in [0.15, 0.2) is 0 Å². The van der Waals surface area contributed by atoms with E-state index < -0.39 is 0 Å². The van der Waals surface area contributed by atoms with E-state index in [0.717, 1.165) is 11.8 Å². The van der Waals surface area contributed by atoms with E-state index in [0.29, 0.717) is 6.04 Å². The summed E-state index contributed by atoms with van der Waals surface area (Å²) in [7, 11) is 0. The maximum atomic E-state index is 6.04. The standard InChI is InChI=1S/C13H28N2/c1-4-5-13(14)6-7-15-9-11(2)8-12(3)10-15/h11-13H,4-10,14H2,1-3H3. The molecule has 3 atom stereocenters. The molecule has 2 heteroatoms. The first-order valence-corrected chi connectivity index (χ1v) is 6.59. The fraction of sp³-hybridized carbons (Fsp3) is 1.00. The smallest absolute Gasteiger partial charge is 0.00509 e. The van der Waals surface area contributed by atoms with Crippen LogP contribution >= 0.6 is 0 Å². The zero-order valence-corrected chi connectivity index (χ0v) is 10.7. The number of nitrogens with two attached hydrogens (primary N) is 1. The Hall–Kier alpha value is -0.0800. The number of hydrogen-bond acceptors (Lipinski definition) is 2. The van der Waals surface area contributed by atoms with Crippen molar-refractivity contribution in [1.82, 2.24) is 4.90 Å². The van der Waals surface area contributed by atoms with E-state index in [1.807, 2.05) is 0 Å². The van der Waals surface area contributed by atoms with Crippen molar-refractivity contribution < 1.29 is 0 Å². The Morgan fingerprint density at radius 2 is 1.80 bits per heavy atom. The maximum Gasteiger partial charge on any atom is 0.00509 e. The monoisotopic (exact) mass is 212 g/mol. The number of likely N-dealkylation sites (tertiary alicyclic amines) is 1. The Bertz CT molecular complexity index is 160. The molecule has 1 fully saturated rings. The summed E-state index contributed by atoms with van der Waals surface area (Å²) in [6, 6.07) is 0.419. The van der Waals surface area contributed by atoms with E-state index in [2.05, 4.69) is 25.7 Å². The molecule has 1 aliphatic rings. The van der Waals surface area contributed by atoms with Crippen molar-refractivity contribution in [3.05, 3.63) is 0 Å². The fourth-order valence-corrected chi connectivity index (χ4v) is 2.84. The van der Waals surface area contributed by atoms with E-state index in [4.69, 9.17) is 5.73 Å². The lowest BCUT2D eigenvalue weighted by molar-refractivity contribution is 0.137. The fourth-order valence-electron chi connectivity index (χ4n) is 2.84. The molecule has 1 heterocycles. The second-order valence-corrected chi connectivity index (χ2v) is 5.54. The Labute approximate surface area is 95.2 Å². The third-order valence-electron chi connectivity index (χ3n) is 3.42. The molecule has 2 N–H and O–H groups in total. The largest absolute Gasteiger partial charge is 0.328 e. The predicted octanol–water partition coefficient (Wildman–Crippen LogP) is 2.48. The van der Waals surface area contributed by atoms with E-state index >= 15 is 0 Å². The topological polar surface area (TPSA) is 29.3 Å². The van der Waals surface area contributed by atoms with E-state index in [1.54, 1.807) is 0 Å². The molecule has 0 radical (unpaired) electrons. The maximum absolute atomic E-state index is 6.04. The van der Waals surface area contributed by atoms with Crippen LogP contribution < -0.4 is 5.73 Å². The third kappa shape index (κ3) is 4.98. The first-order valence-electron chi connectivity index (χ1n) is 6.59. The SMILES string of the molecule is CCCC(N)CCN1CC(C)CC(C)C1. The first-order chi connectivity index (χ1) is 7.11. The number of piperidine rings is 1. The lowest BCUT2D eigenvalue weighted by atomic mass is 9.91. The highest BCUT2D eigenvalue weighted by Gasteiger charge is 2.21. The second-order valence-electron chi connectivity index (χ2n) is 5.54. The van der Waals surface area contributed by atoms with E-state index in [1.165, 1.54) is 45.3 Å². The number of nitrogens with zero attached hydrogens (tertiary/aromatic N) is 1. The van der Waals surface area contributed by atoms with Gasteiger partial charge in [0.15, 0.2) is 0 Å². The molecule has 0 aromatic carbocycles. The zero-order valence-electron chi connectivity index (χ0n) is 10.7. The van der Waals surface area contributed by atoms with Crippen LogP contribution in [0.3, 0.4) is 0 Å². The summed E-state index contributed by atoms with van der Waals surface area (Å²) in [4.78, 5) is 2.61. The molecule has 1 saturated heterocycles. The molecule has 90 valence electrons. The van der Waals surface area contributed by atoms with Gasteiger partial charge in [-0.05, 0) is 37.6 Å². The van der Waals surface area contributed by atoms with Crippen LogP contribution in [0.2, 0.25) is 0 Å². The van der Waals surface area contributed by atoms with Crippen LogP contribution in [0.25, 0.3) is 0 Å². The number of rotatable bonds is 5. The molecule has 0 aliphatic carbocycles. The minimum Gasteiger partial charge on any atom is -0.328 e. The average Bonchev–Trinajstić information content (AvgIpc) is 2.14. The van der Waals surface area contributed by atoms with Gasteiger partial charge in [-0.1, -0.05) is 27.2 Å². The van der Waals surface area contributed by atoms with Gasteiger partial charge in [0.1, 0.15) is 0 Å². The van der Waals surface area contributed by atoms with Crippen LogP contribution in [0.4, 0.5) is 0 Å². The van der Waals surface area contributed by atoms with Crippen molar-refractivity contribution in [3.63, 3.8) is 0 Å². The quantitative estimate of drug-likeness (QED) is 0.758. The summed E-state index contributed by atoms with van der Waals surface area (Å²) in [6.07, 6.45) is 4.97. The van der Waals surface area contributed by atoms with Crippen molar-refractivity contribution in [2.45, 2.75) is 52.5 Å². The molecule has 3 unspecified atom stereocenters. The molecule has 0 bridgehead atoms. The molecular formula is C13H28N2. The van der Waals surface area contributed by atoms with Gasteiger partial charge < -0.3 is 10.6 Å².